The minimum absolute atomic E-state index is 0.0783. The van der Waals surface area contributed by atoms with E-state index in [4.69, 9.17) is 26.8 Å². The summed E-state index contributed by atoms with van der Waals surface area (Å²) in [7, 11) is -4.59. The van der Waals surface area contributed by atoms with Gasteiger partial charge in [-0.05, 0) is 111 Å². The monoisotopic (exact) mass is 675 g/mol. The van der Waals surface area contributed by atoms with Gasteiger partial charge in [-0.3, -0.25) is 4.79 Å². The highest BCUT2D eigenvalue weighted by molar-refractivity contribution is 7.89. The van der Waals surface area contributed by atoms with Gasteiger partial charge >= 0.3 is 0 Å². The van der Waals surface area contributed by atoms with Gasteiger partial charge in [0.2, 0.25) is 15.9 Å². The number of nitrogens with two attached hydrogens (primary N) is 1. The quantitative estimate of drug-likeness (QED) is 0.253. The molecule has 46 heavy (non-hydrogen) atoms. The number of alkyl halides is 2. The zero-order valence-electron chi connectivity index (χ0n) is 25.6. The van der Waals surface area contributed by atoms with Crippen LogP contribution in [0.15, 0.2) is 59.5 Å². The van der Waals surface area contributed by atoms with Gasteiger partial charge in [0, 0.05) is 24.7 Å². The number of ether oxygens (including phenoxy) is 2. The maximum absolute atomic E-state index is 16.5. The number of piperidine rings is 1. The number of amides is 1. The minimum atomic E-state index is -4.59. The first-order valence-electron chi connectivity index (χ1n) is 16.1. The van der Waals surface area contributed by atoms with Crippen LogP contribution in [0.2, 0.25) is 5.02 Å². The van der Waals surface area contributed by atoms with Crippen molar-refractivity contribution < 1.29 is 31.5 Å². The second-order valence-electron chi connectivity index (χ2n) is 12.7. The van der Waals surface area contributed by atoms with Gasteiger partial charge in [-0.15, -0.1) is 0 Å². The number of sulfonamides is 1. The fourth-order valence-corrected chi connectivity index (χ4v) is 7.99. The average molecular weight is 676 g/mol. The predicted molar refractivity (Wildman–Crippen MR) is 173 cm³/mol. The normalized spacial score (nSPS) is 19.5. The fourth-order valence-electron chi connectivity index (χ4n) is 6.60. The molecule has 1 atom stereocenters. The van der Waals surface area contributed by atoms with Crippen LogP contribution in [0.1, 0.15) is 69.8 Å². The largest absolute Gasteiger partial charge is 0.490 e. The van der Waals surface area contributed by atoms with Gasteiger partial charge in [-0.25, -0.2) is 8.42 Å². The lowest BCUT2D eigenvalue weighted by Crippen LogP contribution is -2.58. The van der Waals surface area contributed by atoms with E-state index < -0.39 is 33.5 Å². The Labute approximate surface area is 273 Å². The number of likely N-dealkylation sites (tertiary alicyclic amines) is 1. The van der Waals surface area contributed by atoms with Gasteiger partial charge in [0.1, 0.15) is 11.5 Å². The van der Waals surface area contributed by atoms with E-state index in [1.807, 2.05) is 6.07 Å². The number of hydrogen-bond acceptors (Lipinski definition) is 6. The summed E-state index contributed by atoms with van der Waals surface area (Å²) in [6, 6.07) is 10.6. The van der Waals surface area contributed by atoms with E-state index in [1.165, 1.54) is 23.1 Å². The van der Waals surface area contributed by atoms with Crippen molar-refractivity contribution in [3.05, 3.63) is 65.2 Å². The average Bonchev–Trinajstić information content (AvgIpc) is 3.75. The molecule has 0 spiro atoms. The molecule has 2 aliphatic carbocycles. The number of halogens is 3. The Kier molecular flexibility index (Phi) is 9.75. The first-order chi connectivity index (χ1) is 22.0. The van der Waals surface area contributed by atoms with E-state index in [0.29, 0.717) is 24.0 Å². The van der Waals surface area contributed by atoms with Gasteiger partial charge in [-0.2, -0.15) is 13.5 Å². The third-order valence-corrected chi connectivity index (χ3v) is 11.1. The first-order valence-corrected chi connectivity index (χ1v) is 18.0. The molecular formula is C34H40ClF2N3O5S. The molecule has 12 heteroatoms. The van der Waals surface area contributed by atoms with Crippen LogP contribution in [0, 0.1) is 0 Å². The molecule has 3 aliphatic rings. The highest BCUT2D eigenvalue weighted by Crippen LogP contribution is 2.39. The zero-order chi connectivity index (χ0) is 32.5. The van der Waals surface area contributed by atoms with Crippen LogP contribution in [-0.4, -0.2) is 56.6 Å². The standard InChI is InChI=1S/C34H40ClF2N3O5S/c35-30-14-11-24(21-31(30)45-27-7-3-4-8-27)34(36,37)32(33(41)40-17-15-25(38)16-18-40)39-46(42,43)29-13-10-22-19-28(12-9-23(22)20-29)44-26-5-1-2-6-26/h9-14,19-21,25-27,32,39H,1-8,15-18,38H2/t32-/m1/s1. The molecule has 3 aromatic carbocycles. The minimum Gasteiger partial charge on any atom is -0.490 e. The molecule has 0 unspecified atom stereocenters. The predicted octanol–water partition coefficient (Wildman–Crippen LogP) is 6.52. The van der Waals surface area contributed by atoms with E-state index >= 15 is 8.78 Å². The van der Waals surface area contributed by atoms with Crippen molar-refractivity contribution in [1.82, 2.24) is 9.62 Å². The molecule has 1 saturated heterocycles. The maximum atomic E-state index is 16.5. The number of hydrogen-bond donors (Lipinski definition) is 2. The Morgan fingerprint density at radius 1 is 0.870 bits per heavy atom. The Morgan fingerprint density at radius 2 is 1.48 bits per heavy atom. The topological polar surface area (TPSA) is 111 Å². The van der Waals surface area contributed by atoms with Crippen molar-refractivity contribution in [2.45, 2.75) is 99.3 Å². The summed E-state index contributed by atoms with van der Waals surface area (Å²) in [6.45, 7) is 0.290. The Hall–Kier alpha value is -2.99. The van der Waals surface area contributed by atoms with Crippen molar-refractivity contribution in [3.63, 3.8) is 0 Å². The van der Waals surface area contributed by atoms with Gasteiger partial charge in [0.15, 0.2) is 6.04 Å². The zero-order valence-corrected chi connectivity index (χ0v) is 27.2. The Bertz CT molecular complexity index is 1670. The number of rotatable bonds is 10. The van der Waals surface area contributed by atoms with E-state index in [9.17, 15) is 13.2 Å². The number of nitrogens with one attached hydrogen (secondary N) is 1. The molecule has 0 aromatic heterocycles. The Balaban J connectivity index is 1.30. The highest BCUT2D eigenvalue weighted by atomic mass is 35.5. The number of benzene rings is 3. The van der Waals surface area contributed by atoms with Crippen molar-refractivity contribution in [2.75, 3.05) is 13.1 Å². The molecule has 3 N–H and O–H groups in total. The van der Waals surface area contributed by atoms with Gasteiger partial charge < -0.3 is 20.1 Å². The molecule has 1 aliphatic heterocycles. The van der Waals surface area contributed by atoms with Crippen LogP contribution in [0.4, 0.5) is 8.78 Å². The third kappa shape index (κ3) is 7.27. The van der Waals surface area contributed by atoms with Crippen LogP contribution >= 0.6 is 11.6 Å². The molecule has 1 amide bonds. The molecule has 0 bridgehead atoms. The number of fused-ring (bicyclic) bond motifs is 1. The maximum Gasteiger partial charge on any atom is 0.298 e. The summed E-state index contributed by atoms with van der Waals surface area (Å²) in [5, 5.41) is 1.49. The van der Waals surface area contributed by atoms with E-state index in [0.717, 1.165) is 68.9 Å². The fraction of sp³-hybridized carbons (Fsp3) is 0.500. The van der Waals surface area contributed by atoms with Crippen molar-refractivity contribution in [1.29, 1.82) is 0 Å². The molecule has 1 heterocycles. The van der Waals surface area contributed by atoms with Crippen LogP contribution in [0.25, 0.3) is 10.8 Å². The molecule has 3 fully saturated rings. The van der Waals surface area contributed by atoms with Crippen LogP contribution in [0.3, 0.4) is 0 Å². The van der Waals surface area contributed by atoms with E-state index in [2.05, 4.69) is 4.72 Å². The molecule has 6 rings (SSSR count). The number of nitrogens with zero attached hydrogens (tertiary/aromatic N) is 1. The van der Waals surface area contributed by atoms with Crippen molar-refractivity contribution >= 4 is 38.3 Å². The molecule has 2 saturated carbocycles. The summed E-state index contributed by atoms with van der Waals surface area (Å²) in [6.07, 6.45) is 8.66. The second kappa shape index (κ2) is 13.6. The van der Waals surface area contributed by atoms with Crippen LogP contribution in [-0.2, 0) is 20.7 Å². The summed E-state index contributed by atoms with van der Waals surface area (Å²) in [5.41, 5.74) is 5.41. The van der Waals surface area contributed by atoms with Gasteiger partial charge in [-0.1, -0.05) is 29.8 Å². The lowest BCUT2D eigenvalue weighted by molar-refractivity contribution is -0.145. The number of carbonyl (C=O) groups excluding carboxylic acids is 1. The lowest BCUT2D eigenvalue weighted by atomic mass is 9.98. The highest BCUT2D eigenvalue weighted by Gasteiger charge is 2.50. The van der Waals surface area contributed by atoms with E-state index in [1.54, 1.807) is 18.2 Å². The van der Waals surface area contributed by atoms with Crippen molar-refractivity contribution in [2.24, 2.45) is 5.73 Å². The molecule has 0 radical (unpaired) electrons. The SMILES string of the molecule is NC1CCN(C(=O)[C@@H](NS(=O)(=O)c2ccc3cc(OC4CCCC4)ccc3c2)C(F)(F)c2ccc(Cl)c(OC3CCCC3)c2)CC1. The summed E-state index contributed by atoms with van der Waals surface area (Å²) in [5.74, 6) is -4.21. The van der Waals surface area contributed by atoms with Crippen LogP contribution in [0.5, 0.6) is 11.5 Å². The summed E-state index contributed by atoms with van der Waals surface area (Å²) < 4.78 is 74.7. The molecule has 3 aromatic rings. The summed E-state index contributed by atoms with van der Waals surface area (Å²) >= 11 is 6.31. The third-order valence-electron chi connectivity index (χ3n) is 9.34. The van der Waals surface area contributed by atoms with Crippen molar-refractivity contribution in [3.8, 4) is 11.5 Å². The lowest BCUT2D eigenvalue weighted by Gasteiger charge is -2.35. The summed E-state index contributed by atoms with van der Waals surface area (Å²) in [4.78, 5) is 14.8. The molecule has 248 valence electrons. The number of carbonyl (C=O) groups is 1. The van der Waals surface area contributed by atoms with E-state index in [-0.39, 0.29) is 47.0 Å². The smallest absolute Gasteiger partial charge is 0.298 e. The molecular weight excluding hydrogens is 636 g/mol. The second-order valence-corrected chi connectivity index (χ2v) is 14.8. The Morgan fingerprint density at radius 3 is 2.15 bits per heavy atom. The van der Waals surface area contributed by atoms with Gasteiger partial charge in [0.05, 0.1) is 22.1 Å². The first kappa shape index (κ1) is 32.9. The van der Waals surface area contributed by atoms with Gasteiger partial charge in [0.25, 0.3) is 5.92 Å². The van der Waals surface area contributed by atoms with Crippen LogP contribution < -0.4 is 19.9 Å². The molecule has 8 nitrogen and oxygen atoms in total.